The van der Waals surface area contributed by atoms with E-state index in [4.69, 9.17) is 9.47 Å². The van der Waals surface area contributed by atoms with Gasteiger partial charge in [-0.1, -0.05) is 17.7 Å². The van der Waals surface area contributed by atoms with E-state index in [-0.39, 0.29) is 5.57 Å². The van der Waals surface area contributed by atoms with Crippen molar-refractivity contribution < 1.29 is 14.3 Å². The molecule has 0 spiro atoms. The number of rotatable bonds is 7. The van der Waals surface area contributed by atoms with Crippen LogP contribution in [0.15, 0.2) is 42.0 Å². The molecule has 0 aliphatic rings. The van der Waals surface area contributed by atoms with Crippen molar-refractivity contribution in [3.63, 3.8) is 0 Å². The summed E-state index contributed by atoms with van der Waals surface area (Å²) >= 11 is 0. The number of ether oxygens (including phenoxy) is 2. The first-order valence-corrected chi connectivity index (χ1v) is 8.88. The summed E-state index contributed by atoms with van der Waals surface area (Å²) < 4.78 is 11.1. The van der Waals surface area contributed by atoms with E-state index in [1.54, 1.807) is 18.2 Å². The smallest absolute Gasteiger partial charge is 0.266 e. The summed E-state index contributed by atoms with van der Waals surface area (Å²) in [5.41, 5.74) is 3.38. The standard InChI is InChI=1S/C22H24N2O3/c1-5-26-19-9-8-17(21(13-19)27-6-2)12-18(14-23)22(25)24-20-10-7-15(3)11-16(20)4/h7-13H,5-6H2,1-4H3,(H,24,25)/b18-12+. The molecule has 140 valence electrons. The number of carbonyl (C=O) groups is 1. The fourth-order valence-corrected chi connectivity index (χ4v) is 2.62. The van der Waals surface area contributed by atoms with Crippen molar-refractivity contribution in [2.75, 3.05) is 18.5 Å². The second kappa shape index (κ2) is 9.44. The van der Waals surface area contributed by atoms with E-state index in [1.807, 2.05) is 52.0 Å². The number of nitrogens with one attached hydrogen (secondary N) is 1. The van der Waals surface area contributed by atoms with Gasteiger partial charge in [0.1, 0.15) is 23.1 Å². The van der Waals surface area contributed by atoms with E-state index in [1.165, 1.54) is 6.08 Å². The first kappa shape index (κ1) is 20.1. The minimum atomic E-state index is -0.458. The van der Waals surface area contributed by atoms with E-state index < -0.39 is 5.91 Å². The van der Waals surface area contributed by atoms with Gasteiger partial charge in [0, 0.05) is 17.3 Å². The molecule has 5 heteroatoms. The van der Waals surface area contributed by atoms with E-state index in [9.17, 15) is 10.1 Å². The zero-order chi connectivity index (χ0) is 19.8. The summed E-state index contributed by atoms with van der Waals surface area (Å²) in [4.78, 5) is 12.6. The lowest BCUT2D eigenvalue weighted by atomic mass is 10.1. The number of benzene rings is 2. The molecule has 0 aromatic heterocycles. The van der Waals surface area contributed by atoms with Gasteiger partial charge >= 0.3 is 0 Å². The molecule has 0 saturated carbocycles. The number of aryl methyl sites for hydroxylation is 2. The van der Waals surface area contributed by atoms with Crippen molar-refractivity contribution >= 4 is 17.7 Å². The van der Waals surface area contributed by atoms with Crippen LogP contribution in [0.5, 0.6) is 11.5 Å². The number of hydrogen-bond donors (Lipinski definition) is 1. The summed E-state index contributed by atoms with van der Waals surface area (Å²) in [5.74, 6) is 0.785. The van der Waals surface area contributed by atoms with E-state index in [0.717, 1.165) is 11.1 Å². The Balaban J connectivity index is 2.31. The molecule has 0 radical (unpaired) electrons. The molecule has 2 rings (SSSR count). The zero-order valence-corrected chi connectivity index (χ0v) is 16.1. The molecule has 2 aromatic rings. The van der Waals surface area contributed by atoms with Gasteiger partial charge in [-0.3, -0.25) is 4.79 Å². The van der Waals surface area contributed by atoms with Crippen molar-refractivity contribution in [3.8, 4) is 17.6 Å². The lowest BCUT2D eigenvalue weighted by molar-refractivity contribution is -0.112. The van der Waals surface area contributed by atoms with E-state index in [2.05, 4.69) is 5.32 Å². The van der Waals surface area contributed by atoms with Gasteiger partial charge in [-0.05, 0) is 57.5 Å². The SMILES string of the molecule is CCOc1ccc(/C=C(\C#N)C(=O)Nc2ccc(C)cc2C)c(OCC)c1. The van der Waals surface area contributed by atoms with Crippen LogP contribution in [0, 0.1) is 25.2 Å². The quantitative estimate of drug-likeness (QED) is 0.573. The predicted octanol–water partition coefficient (Wildman–Crippen LogP) is 4.65. The Morgan fingerprint density at radius 2 is 1.85 bits per heavy atom. The first-order chi connectivity index (χ1) is 13.0. The number of hydrogen-bond acceptors (Lipinski definition) is 4. The normalized spacial score (nSPS) is 10.9. The highest BCUT2D eigenvalue weighted by Crippen LogP contribution is 2.27. The van der Waals surface area contributed by atoms with E-state index in [0.29, 0.717) is 36.0 Å². The number of carbonyl (C=O) groups excluding carboxylic acids is 1. The molecule has 2 aromatic carbocycles. The van der Waals surface area contributed by atoms with Crippen molar-refractivity contribution in [3.05, 3.63) is 58.7 Å². The number of anilines is 1. The van der Waals surface area contributed by atoms with Crippen LogP contribution in [-0.4, -0.2) is 19.1 Å². The zero-order valence-electron chi connectivity index (χ0n) is 16.1. The summed E-state index contributed by atoms with van der Waals surface area (Å²) in [7, 11) is 0. The predicted molar refractivity (Wildman–Crippen MR) is 107 cm³/mol. The number of nitriles is 1. The fraction of sp³-hybridized carbons (Fsp3) is 0.273. The monoisotopic (exact) mass is 364 g/mol. The summed E-state index contributed by atoms with van der Waals surface area (Å²) in [6.07, 6.45) is 1.53. The van der Waals surface area contributed by atoms with Crippen molar-refractivity contribution in [2.45, 2.75) is 27.7 Å². The van der Waals surface area contributed by atoms with Crippen LogP contribution in [0.3, 0.4) is 0 Å². The summed E-state index contributed by atoms with van der Waals surface area (Å²) in [5, 5.41) is 12.3. The Kier molecular flexibility index (Phi) is 7.01. The van der Waals surface area contributed by atoms with Gasteiger partial charge in [-0.15, -0.1) is 0 Å². The highest BCUT2D eigenvalue weighted by Gasteiger charge is 2.13. The minimum Gasteiger partial charge on any atom is -0.494 e. The maximum absolute atomic E-state index is 12.6. The first-order valence-electron chi connectivity index (χ1n) is 8.88. The van der Waals surface area contributed by atoms with Crippen molar-refractivity contribution in [2.24, 2.45) is 0 Å². The largest absolute Gasteiger partial charge is 0.494 e. The number of amides is 1. The third-order valence-corrected chi connectivity index (χ3v) is 3.89. The van der Waals surface area contributed by atoms with Crippen LogP contribution in [0.4, 0.5) is 5.69 Å². The Labute approximate surface area is 160 Å². The van der Waals surface area contributed by atoms with Gasteiger partial charge in [0.05, 0.1) is 13.2 Å². The molecule has 5 nitrogen and oxygen atoms in total. The van der Waals surface area contributed by atoms with E-state index >= 15 is 0 Å². The Morgan fingerprint density at radius 3 is 2.48 bits per heavy atom. The molecule has 0 atom stereocenters. The van der Waals surface area contributed by atoms with Crippen LogP contribution < -0.4 is 14.8 Å². The van der Waals surface area contributed by atoms with Gasteiger partial charge in [0.15, 0.2) is 0 Å². The molecular formula is C22H24N2O3. The molecule has 0 aliphatic carbocycles. The molecule has 0 fully saturated rings. The van der Waals surface area contributed by atoms with Gasteiger partial charge < -0.3 is 14.8 Å². The second-order valence-corrected chi connectivity index (χ2v) is 6.01. The molecule has 0 aliphatic heterocycles. The van der Waals surface area contributed by atoms with Crippen LogP contribution in [0.1, 0.15) is 30.5 Å². The molecule has 0 saturated heterocycles. The van der Waals surface area contributed by atoms with Gasteiger partial charge in [-0.2, -0.15) is 5.26 Å². The maximum Gasteiger partial charge on any atom is 0.266 e. The average molecular weight is 364 g/mol. The Morgan fingerprint density at radius 1 is 1.11 bits per heavy atom. The minimum absolute atomic E-state index is 0.0000814. The van der Waals surface area contributed by atoms with Crippen molar-refractivity contribution in [1.29, 1.82) is 5.26 Å². The number of nitrogens with zero attached hydrogens (tertiary/aromatic N) is 1. The fourth-order valence-electron chi connectivity index (χ4n) is 2.62. The molecule has 0 unspecified atom stereocenters. The average Bonchev–Trinajstić information content (AvgIpc) is 2.64. The third kappa shape index (κ3) is 5.35. The van der Waals surface area contributed by atoms with Crippen LogP contribution >= 0.6 is 0 Å². The highest BCUT2D eigenvalue weighted by atomic mass is 16.5. The topological polar surface area (TPSA) is 71.3 Å². The molecular weight excluding hydrogens is 340 g/mol. The van der Waals surface area contributed by atoms with Gasteiger partial charge in [0.2, 0.25) is 0 Å². The molecule has 27 heavy (non-hydrogen) atoms. The lowest BCUT2D eigenvalue weighted by Crippen LogP contribution is -2.14. The van der Waals surface area contributed by atoms with Gasteiger partial charge in [-0.25, -0.2) is 0 Å². The molecule has 0 bridgehead atoms. The third-order valence-electron chi connectivity index (χ3n) is 3.89. The molecule has 1 amide bonds. The highest BCUT2D eigenvalue weighted by molar-refractivity contribution is 6.10. The summed E-state index contributed by atoms with van der Waals surface area (Å²) in [6.45, 7) is 8.69. The Hall–Kier alpha value is -3.26. The molecule has 1 N–H and O–H groups in total. The van der Waals surface area contributed by atoms with Crippen LogP contribution in [-0.2, 0) is 4.79 Å². The van der Waals surface area contributed by atoms with Crippen LogP contribution in [0.2, 0.25) is 0 Å². The van der Waals surface area contributed by atoms with Crippen LogP contribution in [0.25, 0.3) is 6.08 Å². The lowest BCUT2D eigenvalue weighted by Gasteiger charge is -2.11. The molecule has 0 heterocycles. The second-order valence-electron chi connectivity index (χ2n) is 6.01. The Bertz CT molecular complexity index is 895. The van der Waals surface area contributed by atoms with Gasteiger partial charge in [0.25, 0.3) is 5.91 Å². The van der Waals surface area contributed by atoms with Crippen molar-refractivity contribution in [1.82, 2.24) is 0 Å². The maximum atomic E-state index is 12.6. The summed E-state index contributed by atoms with van der Waals surface area (Å²) in [6, 6.07) is 13.0.